The van der Waals surface area contributed by atoms with Crippen molar-refractivity contribution in [1.82, 2.24) is 15.3 Å². The molecule has 0 spiro atoms. The van der Waals surface area contributed by atoms with E-state index in [1.165, 1.54) is 0 Å². The number of carbonyl (C=O) groups is 1. The lowest BCUT2D eigenvalue weighted by Gasteiger charge is -2.11. The summed E-state index contributed by atoms with van der Waals surface area (Å²) in [5.74, 6) is 0.683. The van der Waals surface area contributed by atoms with Gasteiger partial charge < -0.3 is 16.0 Å². The van der Waals surface area contributed by atoms with Crippen LogP contribution >= 0.6 is 0 Å². The normalized spacial score (nSPS) is 10.6. The molecule has 0 aliphatic carbocycles. The second-order valence-corrected chi connectivity index (χ2v) is 5.69. The molecule has 0 saturated carbocycles. The maximum Gasteiger partial charge on any atom is 0.319 e. The fraction of sp³-hybridized carbons (Fsp3) is 0.167. The highest BCUT2D eigenvalue weighted by molar-refractivity contribution is 5.92. The number of para-hydroxylation sites is 1. The highest BCUT2D eigenvalue weighted by Gasteiger charge is 2.05. The molecular weight excluding hydrogens is 302 g/mol. The van der Waals surface area contributed by atoms with E-state index in [2.05, 4.69) is 25.9 Å². The first-order valence-electron chi connectivity index (χ1n) is 7.76. The molecule has 0 fully saturated rings. The summed E-state index contributed by atoms with van der Waals surface area (Å²) < 4.78 is 0. The molecule has 0 aliphatic rings. The van der Waals surface area contributed by atoms with E-state index in [4.69, 9.17) is 0 Å². The van der Waals surface area contributed by atoms with Crippen molar-refractivity contribution in [3.63, 3.8) is 0 Å². The van der Waals surface area contributed by atoms with Crippen LogP contribution in [-0.2, 0) is 0 Å². The summed E-state index contributed by atoms with van der Waals surface area (Å²) >= 11 is 0. The smallest absolute Gasteiger partial charge is 0.319 e. The Hall–Kier alpha value is -3.15. The summed E-state index contributed by atoms with van der Waals surface area (Å²) in [4.78, 5) is 20.4. The van der Waals surface area contributed by atoms with Crippen molar-refractivity contribution in [3.8, 4) is 0 Å². The Kier molecular flexibility index (Phi) is 4.56. The minimum Gasteiger partial charge on any atom is -0.338 e. The monoisotopic (exact) mass is 321 g/mol. The topological polar surface area (TPSA) is 78.9 Å². The van der Waals surface area contributed by atoms with Gasteiger partial charge in [-0.25, -0.2) is 9.78 Å². The molecule has 0 bridgehead atoms. The summed E-state index contributed by atoms with van der Waals surface area (Å²) in [6.07, 6.45) is 3.38. The number of urea groups is 1. The number of amides is 2. The maximum atomic E-state index is 11.7. The molecule has 0 aliphatic heterocycles. The lowest BCUT2D eigenvalue weighted by molar-refractivity contribution is 0.250. The van der Waals surface area contributed by atoms with Crippen molar-refractivity contribution < 1.29 is 4.79 Å². The minimum atomic E-state index is -0.245. The van der Waals surface area contributed by atoms with Crippen molar-refractivity contribution in [2.45, 2.75) is 19.9 Å². The first kappa shape index (κ1) is 15.7. The molecule has 122 valence electrons. The SMILES string of the molecule is CC(C)NC(=O)Nc1ccc(Nc2cccc3cccnc23)nc1. The first-order chi connectivity index (χ1) is 11.6. The molecule has 6 nitrogen and oxygen atoms in total. The highest BCUT2D eigenvalue weighted by Crippen LogP contribution is 2.24. The van der Waals surface area contributed by atoms with Gasteiger partial charge in [-0.2, -0.15) is 0 Å². The molecule has 2 heterocycles. The molecule has 1 aromatic carbocycles. The lowest BCUT2D eigenvalue weighted by Crippen LogP contribution is -2.34. The van der Waals surface area contributed by atoms with Gasteiger partial charge >= 0.3 is 6.03 Å². The zero-order valence-corrected chi connectivity index (χ0v) is 13.6. The van der Waals surface area contributed by atoms with Gasteiger partial charge in [0.1, 0.15) is 5.82 Å². The molecule has 0 radical (unpaired) electrons. The van der Waals surface area contributed by atoms with Gasteiger partial charge in [-0.15, -0.1) is 0 Å². The fourth-order valence-electron chi connectivity index (χ4n) is 2.31. The van der Waals surface area contributed by atoms with Gasteiger partial charge in [-0.05, 0) is 38.1 Å². The summed E-state index contributed by atoms with van der Waals surface area (Å²) in [7, 11) is 0. The summed E-state index contributed by atoms with van der Waals surface area (Å²) in [5, 5.41) is 9.82. The average molecular weight is 321 g/mol. The van der Waals surface area contributed by atoms with Crippen LogP contribution in [0.5, 0.6) is 0 Å². The van der Waals surface area contributed by atoms with Crippen LogP contribution in [0.2, 0.25) is 0 Å². The number of nitrogens with one attached hydrogen (secondary N) is 3. The predicted octanol–water partition coefficient (Wildman–Crippen LogP) is 3.90. The van der Waals surface area contributed by atoms with Gasteiger partial charge in [0.05, 0.1) is 23.1 Å². The molecule has 6 heteroatoms. The number of fused-ring (bicyclic) bond motifs is 1. The number of anilines is 3. The Morgan fingerprint density at radius 1 is 1.04 bits per heavy atom. The van der Waals surface area contributed by atoms with E-state index in [-0.39, 0.29) is 12.1 Å². The van der Waals surface area contributed by atoms with Crippen LogP contribution in [0, 0.1) is 0 Å². The Morgan fingerprint density at radius 2 is 1.88 bits per heavy atom. The van der Waals surface area contributed by atoms with E-state index < -0.39 is 0 Å². The molecule has 0 unspecified atom stereocenters. The zero-order chi connectivity index (χ0) is 16.9. The summed E-state index contributed by atoms with van der Waals surface area (Å²) in [6, 6.07) is 13.3. The van der Waals surface area contributed by atoms with E-state index in [9.17, 15) is 4.79 Å². The van der Waals surface area contributed by atoms with Crippen LogP contribution in [0.15, 0.2) is 54.9 Å². The third kappa shape index (κ3) is 3.78. The number of aromatic nitrogens is 2. The molecule has 24 heavy (non-hydrogen) atoms. The lowest BCUT2D eigenvalue weighted by atomic mass is 10.2. The van der Waals surface area contributed by atoms with Crippen LogP contribution in [0.4, 0.5) is 22.0 Å². The largest absolute Gasteiger partial charge is 0.338 e. The van der Waals surface area contributed by atoms with Crippen molar-refractivity contribution in [2.24, 2.45) is 0 Å². The Labute approximate surface area is 140 Å². The Morgan fingerprint density at radius 3 is 2.62 bits per heavy atom. The van der Waals surface area contributed by atoms with E-state index in [0.717, 1.165) is 16.6 Å². The third-order valence-electron chi connectivity index (χ3n) is 3.34. The van der Waals surface area contributed by atoms with Gasteiger partial charge in [0.2, 0.25) is 0 Å². The number of nitrogens with zero attached hydrogens (tertiary/aromatic N) is 2. The second kappa shape index (κ2) is 6.95. The van der Waals surface area contributed by atoms with E-state index in [1.807, 2.05) is 50.2 Å². The van der Waals surface area contributed by atoms with E-state index in [0.29, 0.717) is 11.5 Å². The van der Waals surface area contributed by atoms with Crippen molar-refractivity contribution in [1.29, 1.82) is 0 Å². The number of rotatable bonds is 4. The zero-order valence-electron chi connectivity index (χ0n) is 13.6. The standard InChI is InChI=1S/C18H19N5O/c1-12(2)21-18(24)22-14-8-9-16(20-11-14)23-15-7-3-5-13-6-4-10-19-17(13)15/h3-12H,1-2H3,(H,20,23)(H2,21,22,24). The van der Waals surface area contributed by atoms with Crippen molar-refractivity contribution in [3.05, 3.63) is 54.9 Å². The maximum absolute atomic E-state index is 11.7. The quantitative estimate of drug-likeness (QED) is 0.681. The molecule has 0 atom stereocenters. The number of benzene rings is 1. The van der Waals surface area contributed by atoms with Gasteiger partial charge in [0.15, 0.2) is 0 Å². The molecule has 2 aromatic heterocycles. The number of pyridine rings is 2. The van der Waals surface area contributed by atoms with Crippen LogP contribution in [0.1, 0.15) is 13.8 Å². The second-order valence-electron chi connectivity index (χ2n) is 5.69. The summed E-state index contributed by atoms with van der Waals surface area (Å²) in [6.45, 7) is 3.81. The molecule has 3 aromatic rings. The van der Waals surface area contributed by atoms with E-state index >= 15 is 0 Å². The van der Waals surface area contributed by atoms with Gasteiger partial charge in [-0.3, -0.25) is 4.98 Å². The van der Waals surface area contributed by atoms with Gasteiger partial charge in [0.25, 0.3) is 0 Å². The summed E-state index contributed by atoms with van der Waals surface area (Å²) in [5.41, 5.74) is 2.41. The molecular formula is C18H19N5O. The van der Waals surface area contributed by atoms with Gasteiger partial charge in [0, 0.05) is 17.6 Å². The van der Waals surface area contributed by atoms with Crippen molar-refractivity contribution in [2.75, 3.05) is 10.6 Å². The molecule has 2 amide bonds. The molecule has 3 N–H and O–H groups in total. The minimum absolute atomic E-state index is 0.0813. The molecule has 3 rings (SSSR count). The number of hydrogen-bond donors (Lipinski definition) is 3. The van der Waals surface area contributed by atoms with Gasteiger partial charge in [-0.1, -0.05) is 18.2 Å². The van der Waals surface area contributed by atoms with Crippen molar-refractivity contribution >= 4 is 34.1 Å². The number of hydrogen-bond acceptors (Lipinski definition) is 4. The average Bonchev–Trinajstić information content (AvgIpc) is 2.56. The highest BCUT2D eigenvalue weighted by atomic mass is 16.2. The van der Waals surface area contributed by atoms with Crippen LogP contribution in [-0.4, -0.2) is 22.0 Å². The van der Waals surface area contributed by atoms with Crippen LogP contribution in [0.3, 0.4) is 0 Å². The van der Waals surface area contributed by atoms with E-state index in [1.54, 1.807) is 18.5 Å². The Balaban J connectivity index is 1.73. The number of carbonyl (C=O) groups excluding carboxylic acids is 1. The third-order valence-corrected chi connectivity index (χ3v) is 3.34. The molecule has 0 saturated heterocycles. The first-order valence-corrected chi connectivity index (χ1v) is 7.76. The Bertz CT molecular complexity index is 840. The fourth-order valence-corrected chi connectivity index (χ4v) is 2.31. The predicted molar refractivity (Wildman–Crippen MR) is 96.6 cm³/mol. The van der Waals surface area contributed by atoms with Crippen LogP contribution in [0.25, 0.3) is 10.9 Å². The van der Waals surface area contributed by atoms with Crippen LogP contribution < -0.4 is 16.0 Å².